The molecule has 0 spiro atoms. The zero-order valence-electron chi connectivity index (χ0n) is 13.0. The monoisotopic (exact) mass is 350 g/mol. The summed E-state index contributed by atoms with van der Waals surface area (Å²) in [5.74, 6) is -0.120. The Morgan fingerprint density at radius 3 is 2.62 bits per heavy atom. The number of hydrogen-bond donors (Lipinski definition) is 1. The van der Waals surface area contributed by atoms with Crippen molar-refractivity contribution in [1.82, 2.24) is 0 Å². The Labute approximate surface area is 143 Å². The Balaban J connectivity index is 2.50. The number of carbonyl (C=O) groups is 1. The van der Waals surface area contributed by atoms with Crippen LogP contribution in [0.3, 0.4) is 0 Å². The van der Waals surface area contributed by atoms with Crippen LogP contribution in [0.1, 0.15) is 17.3 Å². The minimum absolute atomic E-state index is 0.158. The summed E-state index contributed by atoms with van der Waals surface area (Å²) in [5.41, 5.74) is 0.525. The van der Waals surface area contributed by atoms with Gasteiger partial charge in [-0.3, -0.25) is 10.1 Å². The molecule has 0 unspecified atom stereocenters. The molecule has 0 bridgehead atoms. The first-order chi connectivity index (χ1) is 11.5. The molecule has 8 heteroatoms. The van der Waals surface area contributed by atoms with Crippen LogP contribution in [0.2, 0.25) is 5.02 Å². The third kappa shape index (κ3) is 3.94. The van der Waals surface area contributed by atoms with Crippen LogP contribution in [0.5, 0.6) is 5.75 Å². The summed E-state index contributed by atoms with van der Waals surface area (Å²) in [6.45, 7) is 2.22. The Morgan fingerprint density at radius 2 is 2.00 bits per heavy atom. The summed E-state index contributed by atoms with van der Waals surface area (Å²) in [5, 5.41) is 14.5. The topological polar surface area (TPSA) is 90.7 Å². The van der Waals surface area contributed by atoms with Gasteiger partial charge in [-0.15, -0.1) is 0 Å². The number of esters is 1. The second-order valence-corrected chi connectivity index (χ2v) is 5.11. The van der Waals surface area contributed by atoms with Crippen molar-refractivity contribution in [1.29, 1.82) is 0 Å². The van der Waals surface area contributed by atoms with E-state index in [1.165, 1.54) is 43.5 Å². The van der Waals surface area contributed by atoms with Crippen LogP contribution in [0, 0.1) is 10.1 Å². The molecule has 0 radical (unpaired) electrons. The van der Waals surface area contributed by atoms with Crippen LogP contribution >= 0.6 is 11.6 Å². The van der Waals surface area contributed by atoms with Crippen LogP contribution < -0.4 is 10.1 Å². The summed E-state index contributed by atoms with van der Waals surface area (Å²) in [6, 6.07) is 8.83. The van der Waals surface area contributed by atoms with Gasteiger partial charge >= 0.3 is 5.97 Å². The molecule has 0 amide bonds. The largest absolute Gasteiger partial charge is 0.494 e. The van der Waals surface area contributed by atoms with E-state index in [1.54, 1.807) is 6.92 Å². The number of nitro benzene ring substituents is 1. The first-order valence-electron chi connectivity index (χ1n) is 7.02. The Hall–Kier alpha value is -2.80. The minimum Gasteiger partial charge on any atom is -0.494 e. The molecule has 0 aromatic heterocycles. The molecule has 0 saturated heterocycles. The molecular formula is C16H15ClN2O5. The molecule has 0 aliphatic rings. The fourth-order valence-electron chi connectivity index (χ4n) is 2.08. The first-order valence-corrected chi connectivity index (χ1v) is 7.40. The maximum absolute atomic E-state index is 11.9. The van der Waals surface area contributed by atoms with E-state index in [2.05, 4.69) is 5.32 Å². The number of benzene rings is 2. The molecule has 2 rings (SSSR count). The van der Waals surface area contributed by atoms with Crippen molar-refractivity contribution in [2.75, 3.05) is 19.0 Å². The van der Waals surface area contributed by atoms with Gasteiger partial charge in [-0.25, -0.2) is 4.79 Å². The molecule has 7 nitrogen and oxygen atoms in total. The highest BCUT2D eigenvalue weighted by atomic mass is 35.5. The summed E-state index contributed by atoms with van der Waals surface area (Å²) >= 11 is 5.96. The molecule has 0 saturated carbocycles. The Morgan fingerprint density at radius 1 is 1.25 bits per heavy atom. The second-order valence-electron chi connectivity index (χ2n) is 4.68. The molecule has 2 aromatic carbocycles. The Kier molecular flexibility index (Phi) is 5.59. The van der Waals surface area contributed by atoms with E-state index in [1.807, 2.05) is 0 Å². The zero-order valence-corrected chi connectivity index (χ0v) is 13.8. The van der Waals surface area contributed by atoms with Crippen molar-refractivity contribution >= 4 is 34.6 Å². The number of anilines is 2. The number of rotatable bonds is 6. The summed E-state index contributed by atoms with van der Waals surface area (Å²) in [7, 11) is 1.25. The number of nitro groups is 1. The number of carbonyl (C=O) groups excluding carboxylic acids is 1. The van der Waals surface area contributed by atoms with Gasteiger partial charge in [0.1, 0.15) is 11.4 Å². The van der Waals surface area contributed by atoms with E-state index in [9.17, 15) is 14.9 Å². The van der Waals surface area contributed by atoms with Gasteiger partial charge in [0, 0.05) is 17.2 Å². The molecule has 126 valence electrons. The highest BCUT2D eigenvalue weighted by molar-refractivity contribution is 6.31. The van der Waals surface area contributed by atoms with E-state index >= 15 is 0 Å². The zero-order chi connectivity index (χ0) is 17.7. The number of halogens is 1. The lowest BCUT2D eigenvalue weighted by Gasteiger charge is -2.13. The highest BCUT2D eigenvalue weighted by Gasteiger charge is 2.18. The van der Waals surface area contributed by atoms with Crippen molar-refractivity contribution in [2.24, 2.45) is 0 Å². The number of hydrogen-bond acceptors (Lipinski definition) is 6. The van der Waals surface area contributed by atoms with Gasteiger partial charge in [0.2, 0.25) is 0 Å². The second kappa shape index (κ2) is 7.65. The molecule has 24 heavy (non-hydrogen) atoms. The van der Waals surface area contributed by atoms with Gasteiger partial charge in [-0.1, -0.05) is 11.6 Å². The lowest BCUT2D eigenvalue weighted by Crippen LogP contribution is -2.06. The van der Waals surface area contributed by atoms with E-state index in [0.717, 1.165) is 0 Å². The van der Waals surface area contributed by atoms with Gasteiger partial charge in [0.15, 0.2) is 0 Å². The van der Waals surface area contributed by atoms with E-state index in [4.69, 9.17) is 21.1 Å². The van der Waals surface area contributed by atoms with Crippen molar-refractivity contribution in [3.05, 3.63) is 57.1 Å². The average molecular weight is 351 g/mol. The Bertz CT molecular complexity index is 779. The molecule has 0 fully saturated rings. The first kappa shape index (κ1) is 17.6. The lowest BCUT2D eigenvalue weighted by molar-refractivity contribution is -0.383. The summed E-state index contributed by atoms with van der Waals surface area (Å²) in [6.07, 6.45) is 0. The summed E-state index contributed by atoms with van der Waals surface area (Å²) in [4.78, 5) is 22.6. The standard InChI is InChI=1S/C16H15ClN2O5/c1-3-24-11-5-7-15(19(21)22)14(9-11)18-13-8-10(17)4-6-12(13)16(20)23-2/h4-9,18H,3H2,1-2H3. The SMILES string of the molecule is CCOc1ccc([N+](=O)[O-])c(Nc2cc(Cl)ccc2C(=O)OC)c1. The van der Waals surface area contributed by atoms with Gasteiger partial charge in [-0.2, -0.15) is 0 Å². The van der Waals surface area contributed by atoms with Crippen LogP contribution in [0.15, 0.2) is 36.4 Å². The third-order valence-corrected chi connectivity index (χ3v) is 3.37. The quantitative estimate of drug-likeness (QED) is 0.477. The van der Waals surface area contributed by atoms with Gasteiger partial charge in [-0.05, 0) is 31.2 Å². The maximum atomic E-state index is 11.9. The van der Waals surface area contributed by atoms with Crippen LogP contribution in [0.25, 0.3) is 0 Å². The van der Waals surface area contributed by atoms with E-state index in [0.29, 0.717) is 23.1 Å². The maximum Gasteiger partial charge on any atom is 0.339 e. The predicted octanol–water partition coefficient (Wildman–Crippen LogP) is 4.18. The van der Waals surface area contributed by atoms with Crippen LogP contribution in [-0.2, 0) is 4.74 Å². The van der Waals surface area contributed by atoms with Crippen molar-refractivity contribution in [3.63, 3.8) is 0 Å². The molecule has 0 heterocycles. The highest BCUT2D eigenvalue weighted by Crippen LogP contribution is 2.33. The third-order valence-electron chi connectivity index (χ3n) is 3.13. The van der Waals surface area contributed by atoms with Crippen molar-refractivity contribution in [2.45, 2.75) is 6.92 Å². The number of nitrogens with one attached hydrogen (secondary N) is 1. The van der Waals surface area contributed by atoms with Crippen LogP contribution in [-0.4, -0.2) is 24.6 Å². The van der Waals surface area contributed by atoms with E-state index < -0.39 is 10.9 Å². The molecular weight excluding hydrogens is 336 g/mol. The number of methoxy groups -OCH3 is 1. The molecule has 1 N–H and O–H groups in total. The molecule has 0 atom stereocenters. The van der Waals surface area contributed by atoms with Crippen LogP contribution in [0.4, 0.5) is 17.1 Å². The average Bonchev–Trinajstić information content (AvgIpc) is 2.54. The summed E-state index contributed by atoms with van der Waals surface area (Å²) < 4.78 is 10.1. The fraction of sp³-hybridized carbons (Fsp3) is 0.188. The molecule has 0 aliphatic carbocycles. The van der Waals surface area contributed by atoms with Gasteiger partial charge in [0.05, 0.1) is 29.9 Å². The molecule has 0 aliphatic heterocycles. The molecule has 2 aromatic rings. The lowest BCUT2D eigenvalue weighted by atomic mass is 10.1. The van der Waals surface area contributed by atoms with E-state index in [-0.39, 0.29) is 16.9 Å². The van der Waals surface area contributed by atoms with Crippen molar-refractivity contribution in [3.8, 4) is 5.75 Å². The van der Waals surface area contributed by atoms with Gasteiger partial charge < -0.3 is 14.8 Å². The smallest absolute Gasteiger partial charge is 0.339 e. The minimum atomic E-state index is -0.585. The number of ether oxygens (including phenoxy) is 2. The fourth-order valence-corrected chi connectivity index (χ4v) is 2.26. The van der Waals surface area contributed by atoms with Gasteiger partial charge in [0.25, 0.3) is 5.69 Å². The number of nitrogens with zero attached hydrogens (tertiary/aromatic N) is 1. The predicted molar refractivity (Wildman–Crippen MR) is 90.3 cm³/mol. The normalized spacial score (nSPS) is 10.1. The van der Waals surface area contributed by atoms with Crippen molar-refractivity contribution < 1.29 is 19.2 Å².